The normalized spacial score (nSPS) is 10.8. The van der Waals surface area contributed by atoms with Gasteiger partial charge in [0.05, 0.1) is 6.42 Å². The number of alkyl halides is 1. The van der Waals surface area contributed by atoms with E-state index in [2.05, 4.69) is 4.98 Å². The van der Waals surface area contributed by atoms with Crippen molar-refractivity contribution >= 4 is 23.6 Å². The standard InChI is InChI=1S/C9H11ClN2O/c10-5-1-2-7-3-4-8(12-7)6-9(11)13/h1-4,12H,5-6H2,(H2,11,13)/b2-1-. The summed E-state index contributed by atoms with van der Waals surface area (Å²) in [5.74, 6) is 0.138. The molecule has 3 nitrogen and oxygen atoms in total. The average Bonchev–Trinajstić information content (AvgIpc) is 2.48. The SMILES string of the molecule is NC(=O)Cc1ccc(/C=C\CCl)[nH]1. The highest BCUT2D eigenvalue weighted by molar-refractivity contribution is 6.19. The third kappa shape index (κ3) is 3.34. The third-order valence-corrected chi connectivity index (χ3v) is 1.70. The van der Waals surface area contributed by atoms with E-state index < -0.39 is 0 Å². The lowest BCUT2D eigenvalue weighted by molar-refractivity contribution is -0.117. The van der Waals surface area contributed by atoms with E-state index in [4.69, 9.17) is 17.3 Å². The number of nitrogens with two attached hydrogens (primary N) is 1. The molecule has 0 aliphatic carbocycles. The van der Waals surface area contributed by atoms with Gasteiger partial charge in [0, 0.05) is 17.3 Å². The van der Waals surface area contributed by atoms with E-state index in [1.807, 2.05) is 24.3 Å². The molecule has 0 saturated heterocycles. The van der Waals surface area contributed by atoms with Crippen LogP contribution in [0.4, 0.5) is 0 Å². The fourth-order valence-electron chi connectivity index (χ4n) is 1.02. The van der Waals surface area contributed by atoms with Crippen molar-refractivity contribution < 1.29 is 4.79 Å². The van der Waals surface area contributed by atoms with Gasteiger partial charge in [-0.15, -0.1) is 11.6 Å². The fourth-order valence-corrected chi connectivity index (χ4v) is 1.11. The summed E-state index contributed by atoms with van der Waals surface area (Å²) in [4.78, 5) is 13.6. The summed E-state index contributed by atoms with van der Waals surface area (Å²) < 4.78 is 0. The van der Waals surface area contributed by atoms with Gasteiger partial charge in [-0.2, -0.15) is 0 Å². The molecule has 0 aliphatic heterocycles. The number of aromatic amines is 1. The number of H-pyrrole nitrogens is 1. The number of primary amides is 1. The fraction of sp³-hybridized carbons (Fsp3) is 0.222. The maximum atomic E-state index is 10.6. The molecule has 1 amide bonds. The number of hydrogen-bond donors (Lipinski definition) is 2. The van der Waals surface area contributed by atoms with Crippen LogP contribution in [0.15, 0.2) is 18.2 Å². The minimum Gasteiger partial charge on any atom is -0.369 e. The second-order valence-electron chi connectivity index (χ2n) is 2.64. The van der Waals surface area contributed by atoms with Gasteiger partial charge in [-0.05, 0) is 18.2 Å². The molecule has 0 radical (unpaired) electrons. The van der Waals surface area contributed by atoms with Crippen LogP contribution in [0.5, 0.6) is 0 Å². The smallest absolute Gasteiger partial charge is 0.223 e. The molecule has 1 aromatic rings. The van der Waals surface area contributed by atoms with E-state index in [1.54, 1.807) is 0 Å². The van der Waals surface area contributed by atoms with Gasteiger partial charge >= 0.3 is 0 Å². The van der Waals surface area contributed by atoms with Crippen molar-refractivity contribution in [2.75, 3.05) is 5.88 Å². The molecule has 0 bridgehead atoms. The van der Waals surface area contributed by atoms with Crippen molar-refractivity contribution in [3.63, 3.8) is 0 Å². The zero-order valence-electron chi connectivity index (χ0n) is 7.09. The van der Waals surface area contributed by atoms with E-state index in [9.17, 15) is 4.79 Å². The number of aromatic nitrogens is 1. The Morgan fingerprint density at radius 1 is 1.62 bits per heavy atom. The van der Waals surface area contributed by atoms with Crippen LogP contribution in [0.1, 0.15) is 11.4 Å². The van der Waals surface area contributed by atoms with Crippen LogP contribution in [-0.4, -0.2) is 16.8 Å². The number of nitrogens with one attached hydrogen (secondary N) is 1. The van der Waals surface area contributed by atoms with Crippen LogP contribution < -0.4 is 5.73 Å². The van der Waals surface area contributed by atoms with E-state index in [0.29, 0.717) is 5.88 Å². The highest BCUT2D eigenvalue weighted by atomic mass is 35.5. The molecule has 1 heterocycles. The molecule has 0 aliphatic rings. The van der Waals surface area contributed by atoms with Crippen LogP contribution in [0.25, 0.3) is 6.08 Å². The topological polar surface area (TPSA) is 58.9 Å². The lowest BCUT2D eigenvalue weighted by atomic mass is 10.3. The van der Waals surface area contributed by atoms with Crippen molar-refractivity contribution in [3.05, 3.63) is 29.6 Å². The van der Waals surface area contributed by atoms with Crippen molar-refractivity contribution in [2.24, 2.45) is 5.73 Å². The quantitative estimate of drug-likeness (QED) is 0.704. The van der Waals surface area contributed by atoms with Gasteiger partial charge in [0.15, 0.2) is 0 Å². The largest absolute Gasteiger partial charge is 0.369 e. The predicted molar refractivity (Wildman–Crippen MR) is 53.4 cm³/mol. The van der Waals surface area contributed by atoms with Gasteiger partial charge < -0.3 is 10.7 Å². The molecule has 3 N–H and O–H groups in total. The molecular formula is C9H11ClN2O. The summed E-state index contributed by atoms with van der Waals surface area (Å²) in [6.07, 6.45) is 3.92. The van der Waals surface area contributed by atoms with Crippen LogP contribution in [-0.2, 0) is 11.2 Å². The van der Waals surface area contributed by atoms with Gasteiger partial charge in [0.1, 0.15) is 0 Å². The number of allylic oxidation sites excluding steroid dienone is 1. The molecule has 0 aromatic carbocycles. The Balaban J connectivity index is 2.63. The number of hydrogen-bond acceptors (Lipinski definition) is 1. The van der Waals surface area contributed by atoms with Crippen molar-refractivity contribution in [1.29, 1.82) is 0 Å². The molecule has 0 unspecified atom stereocenters. The van der Waals surface area contributed by atoms with Crippen molar-refractivity contribution in [3.8, 4) is 0 Å². The molecule has 0 spiro atoms. The zero-order chi connectivity index (χ0) is 9.68. The van der Waals surface area contributed by atoms with Gasteiger partial charge in [-0.25, -0.2) is 0 Å². The predicted octanol–water partition coefficient (Wildman–Crippen LogP) is 1.29. The highest BCUT2D eigenvalue weighted by Crippen LogP contribution is 2.04. The van der Waals surface area contributed by atoms with Crippen LogP contribution >= 0.6 is 11.6 Å². The number of amides is 1. The Labute approximate surface area is 81.6 Å². The first-order valence-electron chi connectivity index (χ1n) is 3.91. The van der Waals surface area contributed by atoms with Crippen LogP contribution in [0, 0.1) is 0 Å². The van der Waals surface area contributed by atoms with E-state index in [1.165, 1.54) is 0 Å². The summed E-state index contributed by atoms with van der Waals surface area (Å²) >= 11 is 5.47. The van der Waals surface area contributed by atoms with Crippen molar-refractivity contribution in [1.82, 2.24) is 4.98 Å². The first-order chi connectivity index (χ1) is 6.22. The van der Waals surface area contributed by atoms with Crippen LogP contribution in [0.2, 0.25) is 0 Å². The van der Waals surface area contributed by atoms with Gasteiger partial charge in [-0.1, -0.05) is 6.08 Å². The summed E-state index contributed by atoms with van der Waals surface area (Å²) in [5.41, 5.74) is 6.78. The second kappa shape index (κ2) is 4.72. The number of halogens is 1. The maximum Gasteiger partial charge on any atom is 0.223 e. The Kier molecular flexibility index (Phi) is 3.58. The number of rotatable bonds is 4. The molecular weight excluding hydrogens is 188 g/mol. The molecule has 0 atom stereocenters. The minimum atomic E-state index is -0.338. The first-order valence-corrected chi connectivity index (χ1v) is 4.44. The van der Waals surface area contributed by atoms with Gasteiger partial charge in [0.2, 0.25) is 5.91 Å². The average molecular weight is 199 g/mol. The highest BCUT2D eigenvalue weighted by Gasteiger charge is 1.99. The summed E-state index contributed by atoms with van der Waals surface area (Å²) in [5, 5.41) is 0. The Morgan fingerprint density at radius 2 is 2.38 bits per heavy atom. The summed E-state index contributed by atoms with van der Waals surface area (Å²) in [7, 11) is 0. The second-order valence-corrected chi connectivity index (χ2v) is 2.95. The van der Waals surface area contributed by atoms with Gasteiger partial charge in [0.25, 0.3) is 0 Å². The molecule has 0 saturated carbocycles. The van der Waals surface area contributed by atoms with Gasteiger partial charge in [-0.3, -0.25) is 4.79 Å². The van der Waals surface area contributed by atoms with E-state index >= 15 is 0 Å². The molecule has 0 fully saturated rings. The summed E-state index contributed by atoms with van der Waals surface area (Å²) in [6.45, 7) is 0. The van der Waals surface area contributed by atoms with Crippen molar-refractivity contribution in [2.45, 2.75) is 6.42 Å². The Morgan fingerprint density at radius 3 is 3.00 bits per heavy atom. The zero-order valence-corrected chi connectivity index (χ0v) is 7.84. The van der Waals surface area contributed by atoms with E-state index in [-0.39, 0.29) is 12.3 Å². The van der Waals surface area contributed by atoms with E-state index in [0.717, 1.165) is 11.4 Å². The lowest BCUT2D eigenvalue weighted by Crippen LogP contribution is -2.13. The third-order valence-electron chi connectivity index (χ3n) is 1.52. The minimum absolute atomic E-state index is 0.245. The molecule has 70 valence electrons. The Hall–Kier alpha value is -1.22. The lowest BCUT2D eigenvalue weighted by Gasteiger charge is -1.90. The molecule has 13 heavy (non-hydrogen) atoms. The Bertz CT molecular complexity index is 317. The summed E-state index contributed by atoms with van der Waals surface area (Å²) in [6, 6.07) is 3.71. The van der Waals surface area contributed by atoms with Crippen LogP contribution in [0.3, 0.4) is 0 Å². The number of carbonyl (C=O) groups excluding carboxylic acids is 1. The first kappa shape index (κ1) is 9.86. The molecule has 4 heteroatoms. The molecule has 1 rings (SSSR count). The maximum absolute atomic E-state index is 10.6. The molecule has 1 aromatic heterocycles. The monoisotopic (exact) mass is 198 g/mol. The number of carbonyl (C=O) groups is 1.